The summed E-state index contributed by atoms with van der Waals surface area (Å²) < 4.78 is 43.7. The second-order valence-electron chi connectivity index (χ2n) is 7.60. The van der Waals surface area contributed by atoms with Gasteiger partial charge in [0.15, 0.2) is 0 Å². The van der Waals surface area contributed by atoms with E-state index in [4.69, 9.17) is 4.74 Å². The van der Waals surface area contributed by atoms with Crippen LogP contribution in [0.4, 0.5) is 34.1 Å². The maximum absolute atomic E-state index is 12.9. The third-order valence-corrected chi connectivity index (χ3v) is 5.46. The number of cyclic esters (lactones) is 1. The highest BCUT2D eigenvalue weighted by atomic mass is 19.4. The van der Waals surface area contributed by atoms with E-state index in [9.17, 15) is 27.6 Å². The van der Waals surface area contributed by atoms with Crippen molar-refractivity contribution in [2.75, 3.05) is 49.5 Å². The first-order chi connectivity index (χ1) is 15.7. The van der Waals surface area contributed by atoms with Crippen LogP contribution in [0, 0.1) is 0 Å². The number of anilines is 2. The van der Waals surface area contributed by atoms with Gasteiger partial charge in [0.25, 0.3) is 5.91 Å². The molecule has 0 atom stereocenters. The largest absolute Gasteiger partial charge is 0.447 e. The van der Waals surface area contributed by atoms with Crippen LogP contribution in [0.1, 0.15) is 15.9 Å². The maximum atomic E-state index is 12.9. The molecule has 2 aromatic carbocycles. The number of rotatable bonds is 3. The number of halogens is 3. The van der Waals surface area contributed by atoms with Crippen LogP contribution in [0.5, 0.6) is 0 Å². The molecule has 0 bridgehead atoms. The minimum Gasteiger partial charge on any atom is -0.447 e. The summed E-state index contributed by atoms with van der Waals surface area (Å²) in [7, 11) is 0. The van der Waals surface area contributed by atoms with Crippen LogP contribution in [0.3, 0.4) is 0 Å². The van der Waals surface area contributed by atoms with Gasteiger partial charge in [0.05, 0.1) is 12.1 Å². The first-order valence-electron chi connectivity index (χ1n) is 10.3. The average molecular weight is 462 g/mol. The van der Waals surface area contributed by atoms with Gasteiger partial charge < -0.3 is 19.9 Å². The Morgan fingerprint density at radius 2 is 1.61 bits per heavy atom. The number of ether oxygens (including phenoxy) is 1. The van der Waals surface area contributed by atoms with Gasteiger partial charge in [0.2, 0.25) is 0 Å². The number of nitrogens with one attached hydrogen (secondary N) is 1. The molecule has 8 nitrogen and oxygen atoms in total. The monoisotopic (exact) mass is 462 g/mol. The van der Waals surface area contributed by atoms with Crippen molar-refractivity contribution in [3.8, 4) is 0 Å². The number of benzene rings is 2. The molecule has 2 heterocycles. The molecule has 0 spiro atoms. The van der Waals surface area contributed by atoms with Crippen LogP contribution in [0.15, 0.2) is 48.5 Å². The molecule has 2 aliphatic heterocycles. The molecule has 2 fully saturated rings. The topological polar surface area (TPSA) is 82.2 Å². The first kappa shape index (κ1) is 22.4. The van der Waals surface area contributed by atoms with Crippen molar-refractivity contribution in [1.82, 2.24) is 9.80 Å². The third-order valence-electron chi connectivity index (χ3n) is 5.46. The molecular weight excluding hydrogens is 441 g/mol. The second-order valence-corrected chi connectivity index (χ2v) is 7.60. The fourth-order valence-corrected chi connectivity index (χ4v) is 3.71. The van der Waals surface area contributed by atoms with Gasteiger partial charge in [-0.3, -0.25) is 9.69 Å². The summed E-state index contributed by atoms with van der Waals surface area (Å²) in [5.74, 6) is -0.508. The SMILES string of the molecule is O=C(Nc1cccc(N2CCOC2=O)c1)N1CCN(C(=O)c2cccc(C(F)(F)F)c2)CC1. The van der Waals surface area contributed by atoms with Gasteiger partial charge in [-0.2, -0.15) is 13.2 Å². The van der Waals surface area contributed by atoms with E-state index in [0.717, 1.165) is 12.1 Å². The number of alkyl halides is 3. The van der Waals surface area contributed by atoms with Crippen molar-refractivity contribution < 1.29 is 32.3 Å². The fourth-order valence-electron chi connectivity index (χ4n) is 3.71. The molecule has 2 aromatic rings. The Labute approximate surface area is 187 Å². The lowest BCUT2D eigenvalue weighted by Crippen LogP contribution is -2.51. The number of nitrogens with zero attached hydrogens (tertiary/aromatic N) is 3. The molecular formula is C22H21F3N4O4. The number of amides is 4. The fraction of sp³-hybridized carbons (Fsp3) is 0.318. The summed E-state index contributed by atoms with van der Waals surface area (Å²) in [5.41, 5.74) is 0.183. The van der Waals surface area contributed by atoms with E-state index in [-0.39, 0.29) is 37.8 Å². The van der Waals surface area contributed by atoms with Crippen LogP contribution in [0.25, 0.3) is 0 Å². The van der Waals surface area contributed by atoms with Crippen LogP contribution in [0.2, 0.25) is 0 Å². The highest BCUT2D eigenvalue weighted by Gasteiger charge is 2.32. The summed E-state index contributed by atoms with van der Waals surface area (Å²) in [4.78, 5) is 41.4. The number of hydrogen-bond donors (Lipinski definition) is 1. The van der Waals surface area contributed by atoms with E-state index in [0.29, 0.717) is 24.5 Å². The van der Waals surface area contributed by atoms with Gasteiger partial charge >= 0.3 is 18.3 Å². The number of carbonyl (C=O) groups is 3. The summed E-state index contributed by atoms with van der Waals surface area (Å²) >= 11 is 0. The van der Waals surface area contributed by atoms with Crippen LogP contribution >= 0.6 is 0 Å². The van der Waals surface area contributed by atoms with E-state index in [1.807, 2.05) is 0 Å². The molecule has 4 rings (SSSR count). The molecule has 0 radical (unpaired) electrons. The molecule has 33 heavy (non-hydrogen) atoms. The van der Waals surface area contributed by atoms with Gasteiger partial charge in [-0.15, -0.1) is 0 Å². The van der Waals surface area contributed by atoms with Crippen LogP contribution in [-0.2, 0) is 10.9 Å². The number of carbonyl (C=O) groups excluding carboxylic acids is 3. The van der Waals surface area contributed by atoms with E-state index in [1.54, 1.807) is 24.3 Å². The zero-order valence-electron chi connectivity index (χ0n) is 17.5. The van der Waals surface area contributed by atoms with Crippen molar-refractivity contribution in [2.24, 2.45) is 0 Å². The molecule has 4 amide bonds. The lowest BCUT2D eigenvalue weighted by molar-refractivity contribution is -0.137. The van der Waals surface area contributed by atoms with E-state index in [1.165, 1.54) is 26.8 Å². The van der Waals surface area contributed by atoms with Crippen molar-refractivity contribution >= 4 is 29.4 Å². The average Bonchev–Trinajstić information content (AvgIpc) is 3.24. The van der Waals surface area contributed by atoms with E-state index in [2.05, 4.69) is 5.32 Å². The third kappa shape index (κ3) is 5.02. The quantitative estimate of drug-likeness (QED) is 0.755. The Kier molecular flexibility index (Phi) is 6.12. The normalized spacial score (nSPS) is 16.6. The standard InChI is InChI=1S/C22H21F3N4O4/c23-22(24,25)16-4-1-3-15(13-16)19(30)27-7-9-28(10-8-27)20(31)26-17-5-2-6-18(14-17)29-11-12-33-21(29)32/h1-6,13-14H,7-12H2,(H,26,31). The number of hydrogen-bond acceptors (Lipinski definition) is 4. The van der Waals surface area contributed by atoms with Crippen molar-refractivity contribution in [3.05, 3.63) is 59.7 Å². The molecule has 11 heteroatoms. The minimum atomic E-state index is -4.53. The Bertz CT molecular complexity index is 1070. The molecule has 1 N–H and O–H groups in total. The summed E-state index contributed by atoms with van der Waals surface area (Å²) in [5, 5.41) is 2.77. The predicted octanol–water partition coefficient (Wildman–Crippen LogP) is 3.65. The smallest absolute Gasteiger partial charge is 0.416 e. The van der Waals surface area contributed by atoms with Crippen LogP contribution < -0.4 is 10.2 Å². The Hall–Kier alpha value is -3.76. The molecule has 2 aliphatic rings. The first-order valence-corrected chi connectivity index (χ1v) is 10.3. The highest BCUT2D eigenvalue weighted by Crippen LogP contribution is 2.30. The molecule has 0 saturated carbocycles. The zero-order valence-corrected chi connectivity index (χ0v) is 17.5. The maximum Gasteiger partial charge on any atom is 0.416 e. The van der Waals surface area contributed by atoms with Gasteiger partial charge in [0.1, 0.15) is 6.61 Å². The Balaban J connectivity index is 1.34. The highest BCUT2D eigenvalue weighted by molar-refractivity contribution is 5.95. The second kappa shape index (κ2) is 9.00. The van der Waals surface area contributed by atoms with Crippen molar-refractivity contribution in [2.45, 2.75) is 6.18 Å². The zero-order chi connectivity index (χ0) is 23.6. The molecule has 0 unspecified atom stereocenters. The summed E-state index contributed by atoms with van der Waals surface area (Å²) in [6.07, 6.45) is -4.97. The van der Waals surface area contributed by atoms with E-state index < -0.39 is 23.7 Å². The lowest BCUT2D eigenvalue weighted by Gasteiger charge is -2.34. The molecule has 0 aliphatic carbocycles. The molecule has 2 saturated heterocycles. The van der Waals surface area contributed by atoms with Gasteiger partial charge in [-0.05, 0) is 36.4 Å². The van der Waals surface area contributed by atoms with Crippen molar-refractivity contribution in [3.63, 3.8) is 0 Å². The Morgan fingerprint density at radius 1 is 0.909 bits per heavy atom. The van der Waals surface area contributed by atoms with Gasteiger partial charge in [-0.1, -0.05) is 12.1 Å². The van der Waals surface area contributed by atoms with Crippen molar-refractivity contribution in [1.29, 1.82) is 0 Å². The predicted molar refractivity (Wildman–Crippen MR) is 113 cm³/mol. The summed E-state index contributed by atoms with van der Waals surface area (Å²) in [6, 6.07) is 10.7. The number of urea groups is 1. The van der Waals surface area contributed by atoms with Crippen LogP contribution in [-0.4, -0.2) is 67.2 Å². The molecule has 0 aromatic heterocycles. The molecule has 174 valence electrons. The summed E-state index contributed by atoms with van der Waals surface area (Å²) in [6.45, 7) is 1.59. The van der Waals surface area contributed by atoms with Gasteiger partial charge in [0, 0.05) is 43.1 Å². The van der Waals surface area contributed by atoms with E-state index >= 15 is 0 Å². The van der Waals surface area contributed by atoms with Gasteiger partial charge in [-0.25, -0.2) is 9.59 Å². The Morgan fingerprint density at radius 3 is 2.27 bits per heavy atom. The number of piperazine rings is 1. The lowest BCUT2D eigenvalue weighted by atomic mass is 10.1. The minimum absolute atomic E-state index is 0.0417.